The van der Waals surface area contributed by atoms with Crippen LogP contribution in [0.2, 0.25) is 0 Å². The molecular formula is C37H49N5O12. The maximum absolute atomic E-state index is 14.3. The largest absolute Gasteiger partial charge is 0.505 e. The van der Waals surface area contributed by atoms with Gasteiger partial charge in [-0.1, -0.05) is 19.8 Å². The van der Waals surface area contributed by atoms with Crippen LogP contribution in [-0.2, 0) is 44.7 Å². The zero-order valence-electron chi connectivity index (χ0n) is 31.2. The number of amides is 3. The molecule has 0 bridgehead atoms. The number of aromatic hydroxyl groups is 1. The van der Waals surface area contributed by atoms with E-state index in [1.165, 1.54) is 25.1 Å². The van der Waals surface area contributed by atoms with Gasteiger partial charge in [0, 0.05) is 38.7 Å². The quantitative estimate of drug-likeness (QED) is 0.0999. The third-order valence-corrected chi connectivity index (χ3v) is 11.2. The first-order valence-corrected chi connectivity index (χ1v) is 18.2. The third-order valence-electron chi connectivity index (χ3n) is 11.2. The number of hydrogen-bond donors (Lipinski definition) is 4. The number of phenolic OH excluding ortho intramolecular Hbond substituents is 1. The summed E-state index contributed by atoms with van der Waals surface area (Å²) in [5.74, 6) is -13.1. The van der Waals surface area contributed by atoms with Crippen LogP contribution < -0.4 is 16.0 Å². The van der Waals surface area contributed by atoms with Crippen LogP contribution in [0, 0.1) is 29.6 Å². The summed E-state index contributed by atoms with van der Waals surface area (Å²) in [6.45, 7) is 0.724. The molecule has 1 aromatic rings. The number of likely N-dealkylation sites (N-methyl/N-ethyl adjacent to an activating group) is 1. The topological polar surface area (TPSA) is 243 Å². The van der Waals surface area contributed by atoms with Crippen LogP contribution in [0.3, 0.4) is 0 Å². The normalized spacial score (nSPS) is 26.5. The van der Waals surface area contributed by atoms with Gasteiger partial charge >= 0.3 is 12.1 Å². The van der Waals surface area contributed by atoms with Crippen molar-refractivity contribution in [1.29, 1.82) is 0 Å². The number of nitrogens with one attached hydrogen (secondary N) is 1. The van der Waals surface area contributed by atoms with Gasteiger partial charge in [-0.2, -0.15) is 0 Å². The number of benzene rings is 1. The van der Waals surface area contributed by atoms with Crippen LogP contribution in [0.5, 0.6) is 5.75 Å². The predicted molar refractivity (Wildman–Crippen MR) is 190 cm³/mol. The molecule has 0 radical (unpaired) electrons. The van der Waals surface area contributed by atoms with E-state index < -0.39 is 101 Å². The van der Waals surface area contributed by atoms with E-state index in [4.69, 9.17) is 15.2 Å². The SMILES string of the molecule is CCCN(CC(=O)Nc1cc(N(C)C)c2c(c1O)C(=O)C1C(=O)[C@]3(O)C(=O)C(C(N)=O)C(=O)[C@@H](N(C)C)[C@@H]3C[C@@H]1C2)C(=O)OCOC(=O)CC1CCCC1. The maximum Gasteiger partial charge on any atom is 0.413 e. The number of fused-ring (bicyclic) bond motifs is 3. The van der Waals surface area contributed by atoms with Crippen molar-refractivity contribution in [3.05, 3.63) is 17.2 Å². The van der Waals surface area contributed by atoms with Gasteiger partial charge < -0.3 is 35.6 Å². The molecule has 0 aliphatic heterocycles. The van der Waals surface area contributed by atoms with Gasteiger partial charge in [-0.05, 0) is 69.7 Å². The number of esters is 1. The van der Waals surface area contributed by atoms with Crippen molar-refractivity contribution in [3.63, 3.8) is 0 Å². The standard InChI is InChI=1S/C37H49N5O12/c1-6-11-42(36(51)54-17-53-25(44)12-18-9-7-8-10-18)16-24(43)39-22-15-23(40(2)3)20-13-19-14-21-29(41(4)5)32(47)28(35(38)50)34(49)37(21,52)33(48)26(19)31(46)27(20)30(22)45/h15,18-19,21,26,28-29,45,52H,6-14,16-17H2,1-5H3,(H2,38,50)(H,39,43)/t19-,21-,26?,28?,29-,37-/m0/s1. The number of carbonyl (C=O) groups is 8. The lowest BCUT2D eigenvalue weighted by atomic mass is 9.52. The van der Waals surface area contributed by atoms with Crippen molar-refractivity contribution in [1.82, 2.24) is 9.80 Å². The van der Waals surface area contributed by atoms with E-state index in [1.807, 2.05) is 0 Å². The first-order valence-electron chi connectivity index (χ1n) is 18.2. The van der Waals surface area contributed by atoms with E-state index in [9.17, 15) is 48.6 Å². The highest BCUT2D eigenvalue weighted by Crippen LogP contribution is 2.52. The molecule has 6 atom stereocenters. The monoisotopic (exact) mass is 755 g/mol. The molecule has 4 aliphatic rings. The number of Topliss-reactive ketones (excluding diaryl/α,β-unsaturated/α-hetero) is 4. The Labute approximate surface area is 312 Å². The fourth-order valence-corrected chi connectivity index (χ4v) is 8.76. The van der Waals surface area contributed by atoms with Crippen molar-refractivity contribution in [2.45, 2.75) is 69.9 Å². The lowest BCUT2D eigenvalue weighted by Crippen LogP contribution is -2.74. The van der Waals surface area contributed by atoms with Crippen LogP contribution in [0.25, 0.3) is 0 Å². The minimum Gasteiger partial charge on any atom is -0.505 e. The van der Waals surface area contributed by atoms with Crippen LogP contribution >= 0.6 is 0 Å². The zero-order valence-corrected chi connectivity index (χ0v) is 31.2. The Balaban J connectivity index is 1.38. The highest BCUT2D eigenvalue weighted by Gasteiger charge is 2.69. The van der Waals surface area contributed by atoms with Gasteiger partial charge in [0.25, 0.3) is 0 Å². The van der Waals surface area contributed by atoms with Crippen LogP contribution in [-0.4, -0.2) is 127 Å². The maximum atomic E-state index is 14.3. The molecule has 17 nitrogen and oxygen atoms in total. The van der Waals surface area contributed by atoms with Crippen molar-refractivity contribution < 1.29 is 58.0 Å². The number of ether oxygens (including phenoxy) is 2. The van der Waals surface area contributed by atoms with Crippen molar-refractivity contribution in [3.8, 4) is 5.75 Å². The smallest absolute Gasteiger partial charge is 0.413 e. The van der Waals surface area contributed by atoms with E-state index in [1.54, 1.807) is 25.9 Å². The Morgan fingerprint density at radius 3 is 2.28 bits per heavy atom. The molecule has 0 aromatic heterocycles. The van der Waals surface area contributed by atoms with Gasteiger partial charge in [-0.25, -0.2) is 4.79 Å². The van der Waals surface area contributed by atoms with E-state index in [0.717, 1.165) is 30.6 Å². The fraction of sp³-hybridized carbons (Fsp3) is 0.622. The van der Waals surface area contributed by atoms with E-state index in [0.29, 0.717) is 17.7 Å². The van der Waals surface area contributed by atoms with E-state index >= 15 is 0 Å². The molecule has 0 heterocycles. The number of ketones is 4. The molecule has 3 fully saturated rings. The Kier molecular flexibility index (Phi) is 11.8. The van der Waals surface area contributed by atoms with Crippen LogP contribution in [0.4, 0.5) is 16.2 Å². The molecule has 2 unspecified atom stereocenters. The first-order chi connectivity index (χ1) is 25.4. The number of phenols is 1. The summed E-state index contributed by atoms with van der Waals surface area (Å²) in [4.78, 5) is 110. The molecule has 4 aliphatic carbocycles. The Bertz CT molecular complexity index is 1750. The summed E-state index contributed by atoms with van der Waals surface area (Å²) in [7, 11) is 6.35. The highest BCUT2D eigenvalue weighted by molar-refractivity contribution is 6.32. The molecule has 294 valence electrons. The summed E-state index contributed by atoms with van der Waals surface area (Å²) in [5.41, 5.74) is 2.77. The summed E-state index contributed by atoms with van der Waals surface area (Å²) in [5, 5.41) is 25.9. The number of nitrogens with zero attached hydrogens (tertiary/aromatic N) is 3. The predicted octanol–water partition coefficient (Wildman–Crippen LogP) is 0.801. The van der Waals surface area contributed by atoms with E-state index in [-0.39, 0.29) is 43.0 Å². The van der Waals surface area contributed by atoms with Crippen molar-refractivity contribution in [2.24, 2.45) is 35.3 Å². The molecule has 5 rings (SSSR count). The number of nitrogens with two attached hydrogens (primary N) is 1. The number of hydrogen-bond acceptors (Lipinski definition) is 14. The number of anilines is 2. The van der Waals surface area contributed by atoms with Crippen LogP contribution in [0.15, 0.2) is 6.07 Å². The molecule has 3 saturated carbocycles. The number of rotatable bonds is 12. The molecule has 17 heteroatoms. The van der Waals surface area contributed by atoms with Gasteiger partial charge in [-0.15, -0.1) is 0 Å². The molecule has 3 amide bonds. The second-order valence-electron chi connectivity index (χ2n) is 15.2. The Morgan fingerprint density at radius 2 is 1.69 bits per heavy atom. The molecule has 0 saturated heterocycles. The average Bonchev–Trinajstić information content (AvgIpc) is 3.59. The first kappa shape index (κ1) is 40.3. The fourth-order valence-electron chi connectivity index (χ4n) is 8.76. The second-order valence-corrected chi connectivity index (χ2v) is 15.2. The van der Waals surface area contributed by atoms with Gasteiger partial charge in [0.15, 0.2) is 34.7 Å². The summed E-state index contributed by atoms with van der Waals surface area (Å²) in [6, 6.07) is 0.216. The summed E-state index contributed by atoms with van der Waals surface area (Å²) >= 11 is 0. The second kappa shape index (κ2) is 15.8. The molecular weight excluding hydrogens is 706 g/mol. The molecule has 54 heavy (non-hydrogen) atoms. The van der Waals surface area contributed by atoms with Gasteiger partial charge in [-0.3, -0.25) is 43.4 Å². The zero-order chi connectivity index (χ0) is 39.8. The Hall–Kier alpha value is -4.90. The summed E-state index contributed by atoms with van der Waals surface area (Å²) in [6.07, 6.45) is 3.71. The summed E-state index contributed by atoms with van der Waals surface area (Å²) < 4.78 is 10.2. The molecule has 0 spiro atoms. The van der Waals surface area contributed by atoms with Crippen molar-refractivity contribution >= 4 is 58.4 Å². The van der Waals surface area contributed by atoms with Gasteiger partial charge in [0.2, 0.25) is 18.6 Å². The van der Waals surface area contributed by atoms with Gasteiger partial charge in [0.05, 0.1) is 23.2 Å². The molecule has 1 aromatic carbocycles. The number of primary amides is 1. The highest BCUT2D eigenvalue weighted by atomic mass is 16.7. The number of aliphatic hydroxyl groups is 1. The lowest BCUT2D eigenvalue weighted by molar-refractivity contribution is -0.181. The minimum atomic E-state index is -2.88. The van der Waals surface area contributed by atoms with Crippen LogP contribution in [0.1, 0.15) is 67.8 Å². The average molecular weight is 756 g/mol. The lowest BCUT2D eigenvalue weighted by Gasteiger charge is -2.52. The third kappa shape index (κ3) is 7.30. The van der Waals surface area contributed by atoms with Crippen molar-refractivity contribution in [2.75, 3.05) is 58.3 Å². The molecule has 5 N–H and O–H groups in total. The Morgan fingerprint density at radius 1 is 1.02 bits per heavy atom. The van der Waals surface area contributed by atoms with E-state index in [2.05, 4.69) is 5.32 Å². The minimum absolute atomic E-state index is 0.0302. The number of carbonyl (C=O) groups excluding carboxylic acids is 8. The van der Waals surface area contributed by atoms with Gasteiger partial charge in [0.1, 0.15) is 12.3 Å².